The van der Waals surface area contributed by atoms with Crippen molar-refractivity contribution in [2.24, 2.45) is 0 Å². The van der Waals surface area contributed by atoms with E-state index in [9.17, 15) is 13.2 Å². The van der Waals surface area contributed by atoms with E-state index in [-0.39, 0.29) is 16.4 Å². The third-order valence-corrected chi connectivity index (χ3v) is 5.27. The molecule has 0 amide bonds. The summed E-state index contributed by atoms with van der Waals surface area (Å²) >= 11 is 7.32. The van der Waals surface area contributed by atoms with E-state index in [1.807, 2.05) is 0 Å². The van der Waals surface area contributed by atoms with Crippen molar-refractivity contribution in [1.82, 2.24) is 0 Å². The number of thioether (sulfide) groups is 1. The van der Waals surface area contributed by atoms with Gasteiger partial charge in [0.2, 0.25) is 0 Å². The van der Waals surface area contributed by atoms with Gasteiger partial charge in [0.1, 0.15) is 0 Å². The monoisotopic (exact) mass is 340 g/mol. The molecule has 6 heteroatoms. The van der Waals surface area contributed by atoms with Crippen molar-refractivity contribution in [2.75, 3.05) is 12.0 Å². The van der Waals surface area contributed by atoms with Crippen molar-refractivity contribution in [2.45, 2.75) is 9.79 Å². The maximum absolute atomic E-state index is 12.1. The second-order valence-corrected chi connectivity index (χ2v) is 7.91. The molecule has 0 bridgehead atoms. The number of hydrogen-bond donors (Lipinski definition) is 0. The minimum Gasteiger partial charge on any atom is -0.293 e. The lowest BCUT2D eigenvalue weighted by molar-refractivity contribution is 0.102. The second-order valence-electron chi connectivity index (χ2n) is 4.44. The van der Waals surface area contributed by atoms with Crippen LogP contribution in [0, 0.1) is 0 Å². The van der Waals surface area contributed by atoms with Crippen molar-refractivity contribution >= 4 is 39.0 Å². The summed E-state index contributed by atoms with van der Waals surface area (Å²) < 4.78 is 22.7. The highest BCUT2D eigenvalue weighted by Crippen LogP contribution is 2.23. The smallest absolute Gasteiger partial charge is 0.175 e. The average molecular weight is 341 g/mol. The highest BCUT2D eigenvalue weighted by Gasteiger charge is 2.11. The fourth-order valence-corrected chi connectivity index (χ4v) is 3.35. The molecule has 0 unspecified atom stereocenters. The molecule has 0 heterocycles. The molecule has 0 spiro atoms. The molecular weight excluding hydrogens is 328 g/mol. The maximum Gasteiger partial charge on any atom is 0.175 e. The van der Waals surface area contributed by atoms with E-state index in [0.29, 0.717) is 10.6 Å². The zero-order valence-electron chi connectivity index (χ0n) is 11.2. The molecule has 0 N–H and O–H groups in total. The summed E-state index contributed by atoms with van der Waals surface area (Å²) in [4.78, 5) is 13.2. The van der Waals surface area contributed by atoms with Gasteiger partial charge in [0.05, 0.1) is 15.7 Å². The Morgan fingerprint density at radius 3 is 2.29 bits per heavy atom. The van der Waals surface area contributed by atoms with Gasteiger partial charge in [0.15, 0.2) is 15.6 Å². The van der Waals surface area contributed by atoms with Crippen molar-refractivity contribution in [3.05, 3.63) is 59.1 Å². The molecule has 0 atom stereocenters. The third kappa shape index (κ3) is 4.33. The number of hydrogen-bond acceptors (Lipinski definition) is 4. The predicted octanol–water partition coefficient (Wildman–Crippen LogP) is 3.72. The Labute approximate surface area is 133 Å². The average Bonchev–Trinajstić information content (AvgIpc) is 2.45. The summed E-state index contributed by atoms with van der Waals surface area (Å²) in [5, 5.41) is 0.440. The van der Waals surface area contributed by atoms with Crippen LogP contribution >= 0.6 is 23.4 Å². The van der Waals surface area contributed by atoms with Crippen LogP contribution in [0.2, 0.25) is 5.02 Å². The van der Waals surface area contributed by atoms with Crippen LogP contribution in [-0.4, -0.2) is 26.2 Å². The quantitative estimate of drug-likeness (QED) is 0.615. The number of sulfone groups is 1. The van der Waals surface area contributed by atoms with Crippen LogP contribution in [0.4, 0.5) is 0 Å². The summed E-state index contributed by atoms with van der Waals surface area (Å²) in [7, 11) is -3.19. The number of halogens is 1. The van der Waals surface area contributed by atoms with Crippen LogP contribution in [0.5, 0.6) is 0 Å². The topological polar surface area (TPSA) is 51.2 Å². The van der Waals surface area contributed by atoms with E-state index in [0.717, 1.165) is 11.2 Å². The van der Waals surface area contributed by atoms with Crippen molar-refractivity contribution in [3.8, 4) is 0 Å². The van der Waals surface area contributed by atoms with Crippen LogP contribution < -0.4 is 0 Å². The Hall–Kier alpha value is -1.30. The molecule has 0 saturated carbocycles. The standard InChI is InChI=1S/C15H13ClO3S2/c1-21(18,19)12-8-6-11(7-9-12)20-10-15(17)13-4-2-3-5-14(13)16/h2-9H,10H2,1H3. The Balaban J connectivity index is 2.04. The minimum absolute atomic E-state index is 0.0576. The molecule has 0 radical (unpaired) electrons. The van der Waals surface area contributed by atoms with Gasteiger partial charge in [-0.2, -0.15) is 0 Å². The van der Waals surface area contributed by atoms with Crippen LogP contribution in [0.15, 0.2) is 58.3 Å². The zero-order chi connectivity index (χ0) is 15.5. The van der Waals surface area contributed by atoms with Crippen LogP contribution in [-0.2, 0) is 9.84 Å². The maximum atomic E-state index is 12.1. The molecule has 2 rings (SSSR count). The molecule has 0 aromatic heterocycles. The first-order valence-corrected chi connectivity index (χ1v) is 9.34. The predicted molar refractivity (Wildman–Crippen MR) is 86.1 cm³/mol. The van der Waals surface area contributed by atoms with Crippen LogP contribution in [0.1, 0.15) is 10.4 Å². The lowest BCUT2D eigenvalue weighted by atomic mass is 10.1. The van der Waals surface area contributed by atoms with E-state index < -0.39 is 9.84 Å². The minimum atomic E-state index is -3.19. The zero-order valence-corrected chi connectivity index (χ0v) is 13.6. The van der Waals surface area contributed by atoms with Crippen molar-refractivity contribution < 1.29 is 13.2 Å². The highest BCUT2D eigenvalue weighted by atomic mass is 35.5. The highest BCUT2D eigenvalue weighted by molar-refractivity contribution is 8.00. The Bertz CT molecular complexity index is 753. The van der Waals surface area contributed by atoms with Gasteiger partial charge in [-0.3, -0.25) is 4.79 Å². The summed E-state index contributed by atoms with van der Waals surface area (Å²) in [6, 6.07) is 13.4. The molecule has 21 heavy (non-hydrogen) atoms. The fraction of sp³-hybridized carbons (Fsp3) is 0.133. The lowest BCUT2D eigenvalue weighted by Gasteiger charge is -2.04. The summed E-state index contributed by atoms with van der Waals surface area (Å²) in [6.07, 6.45) is 1.16. The SMILES string of the molecule is CS(=O)(=O)c1ccc(SCC(=O)c2ccccc2Cl)cc1. The van der Waals surface area contributed by atoms with Gasteiger partial charge >= 0.3 is 0 Å². The van der Waals surface area contributed by atoms with Gasteiger partial charge in [-0.15, -0.1) is 11.8 Å². The Kier molecular flexibility index (Phi) is 5.08. The third-order valence-electron chi connectivity index (χ3n) is 2.80. The fourth-order valence-electron chi connectivity index (χ4n) is 1.70. The van der Waals surface area contributed by atoms with E-state index in [1.54, 1.807) is 36.4 Å². The van der Waals surface area contributed by atoms with Gasteiger partial charge in [-0.05, 0) is 36.4 Å². The van der Waals surface area contributed by atoms with Gasteiger partial charge in [-0.1, -0.05) is 23.7 Å². The molecule has 0 aliphatic heterocycles. The molecule has 0 aliphatic carbocycles. The number of Topliss-reactive ketones (excluding diaryl/α,β-unsaturated/α-hetero) is 1. The number of rotatable bonds is 5. The summed E-state index contributed by atoms with van der Waals surface area (Å²) in [6.45, 7) is 0. The molecule has 2 aromatic rings. The lowest BCUT2D eigenvalue weighted by Crippen LogP contribution is -2.03. The normalized spacial score (nSPS) is 11.3. The molecule has 2 aromatic carbocycles. The number of carbonyl (C=O) groups excluding carboxylic acids is 1. The molecule has 3 nitrogen and oxygen atoms in total. The molecule has 0 saturated heterocycles. The molecule has 0 aliphatic rings. The first-order valence-electron chi connectivity index (χ1n) is 6.08. The van der Waals surface area contributed by atoms with Crippen molar-refractivity contribution in [1.29, 1.82) is 0 Å². The molecular formula is C15H13ClO3S2. The van der Waals surface area contributed by atoms with Gasteiger partial charge in [0.25, 0.3) is 0 Å². The Morgan fingerprint density at radius 1 is 1.10 bits per heavy atom. The Morgan fingerprint density at radius 2 is 1.71 bits per heavy atom. The number of ketones is 1. The summed E-state index contributed by atoms with van der Waals surface area (Å²) in [5.41, 5.74) is 0.499. The molecule has 0 fully saturated rings. The first-order chi connectivity index (χ1) is 9.88. The number of benzene rings is 2. The van der Waals surface area contributed by atoms with Crippen LogP contribution in [0.3, 0.4) is 0 Å². The van der Waals surface area contributed by atoms with Gasteiger partial charge in [0, 0.05) is 16.7 Å². The van der Waals surface area contributed by atoms with Gasteiger partial charge < -0.3 is 0 Å². The largest absolute Gasteiger partial charge is 0.293 e. The van der Waals surface area contributed by atoms with Gasteiger partial charge in [-0.25, -0.2) is 8.42 Å². The van der Waals surface area contributed by atoms with Crippen LogP contribution in [0.25, 0.3) is 0 Å². The van der Waals surface area contributed by atoms with E-state index in [1.165, 1.54) is 23.9 Å². The van der Waals surface area contributed by atoms with Crippen molar-refractivity contribution in [3.63, 3.8) is 0 Å². The van der Waals surface area contributed by atoms with E-state index in [4.69, 9.17) is 11.6 Å². The van der Waals surface area contributed by atoms with E-state index >= 15 is 0 Å². The molecule has 110 valence electrons. The number of carbonyl (C=O) groups is 1. The second kappa shape index (κ2) is 6.64. The summed E-state index contributed by atoms with van der Waals surface area (Å²) in [5.74, 6) is 0.194. The first kappa shape index (κ1) is 16.1. The van der Waals surface area contributed by atoms with E-state index in [2.05, 4.69) is 0 Å².